The van der Waals surface area contributed by atoms with Crippen LogP contribution >= 0.6 is 15.9 Å². The van der Waals surface area contributed by atoms with Gasteiger partial charge in [-0.05, 0) is 52.7 Å². The highest BCUT2D eigenvalue weighted by Gasteiger charge is 2.29. The number of aromatic nitrogens is 1. The van der Waals surface area contributed by atoms with Gasteiger partial charge < -0.3 is 5.73 Å². The lowest BCUT2D eigenvalue weighted by Gasteiger charge is -2.10. The number of pyridine rings is 1. The van der Waals surface area contributed by atoms with Crippen molar-refractivity contribution in [3.05, 3.63) is 28.0 Å². The summed E-state index contributed by atoms with van der Waals surface area (Å²) in [6, 6.07) is 2.32. The Morgan fingerprint density at radius 2 is 2.31 bits per heavy atom. The molecule has 0 spiro atoms. The molecule has 0 saturated heterocycles. The highest BCUT2D eigenvalue weighted by Crippen LogP contribution is 2.39. The molecule has 1 aromatic rings. The first-order valence-electron chi connectivity index (χ1n) is 4.56. The number of nitrogens with two attached hydrogens (primary N) is 1. The van der Waals surface area contributed by atoms with Crippen LogP contribution in [0.2, 0.25) is 0 Å². The van der Waals surface area contributed by atoms with Crippen molar-refractivity contribution < 1.29 is 0 Å². The van der Waals surface area contributed by atoms with Gasteiger partial charge in [0.15, 0.2) is 0 Å². The normalized spacial score (nSPS) is 18.7. The standard InChI is InChI=1S/C10H13BrN2/c1-6-4-8(5-13-10(6)11)9(12)7-2-3-7/h4-5,7,9H,2-3,12H2,1H3/t9-/m0/s1. The first kappa shape index (κ1) is 9.16. The maximum Gasteiger partial charge on any atom is 0.108 e. The molecular formula is C10H13BrN2. The SMILES string of the molecule is Cc1cc([C@@H](N)C2CC2)cnc1Br. The molecule has 0 amide bonds. The average Bonchev–Trinajstić information content (AvgIpc) is 2.91. The molecule has 1 saturated carbocycles. The summed E-state index contributed by atoms with van der Waals surface area (Å²) >= 11 is 3.38. The molecule has 1 aromatic heterocycles. The second-order valence-electron chi connectivity index (χ2n) is 3.74. The maximum absolute atomic E-state index is 6.06. The van der Waals surface area contributed by atoms with Crippen molar-refractivity contribution >= 4 is 15.9 Å². The number of hydrogen-bond acceptors (Lipinski definition) is 2. The second kappa shape index (κ2) is 3.39. The Labute approximate surface area is 86.7 Å². The van der Waals surface area contributed by atoms with Crippen LogP contribution in [0.5, 0.6) is 0 Å². The molecule has 2 N–H and O–H groups in total. The van der Waals surface area contributed by atoms with Gasteiger partial charge in [0, 0.05) is 12.2 Å². The highest BCUT2D eigenvalue weighted by atomic mass is 79.9. The van der Waals surface area contributed by atoms with E-state index in [1.807, 2.05) is 13.1 Å². The lowest BCUT2D eigenvalue weighted by molar-refractivity contribution is 0.630. The quantitative estimate of drug-likeness (QED) is 0.808. The van der Waals surface area contributed by atoms with Crippen molar-refractivity contribution in [3.8, 4) is 0 Å². The average molecular weight is 241 g/mol. The second-order valence-corrected chi connectivity index (χ2v) is 4.49. The smallest absolute Gasteiger partial charge is 0.108 e. The van der Waals surface area contributed by atoms with Gasteiger partial charge in [-0.1, -0.05) is 6.07 Å². The summed E-state index contributed by atoms with van der Waals surface area (Å²) in [7, 11) is 0. The van der Waals surface area contributed by atoms with Crippen molar-refractivity contribution in [1.29, 1.82) is 0 Å². The molecule has 0 radical (unpaired) electrons. The summed E-state index contributed by atoms with van der Waals surface area (Å²) in [5, 5.41) is 0. The minimum Gasteiger partial charge on any atom is -0.324 e. The molecule has 2 rings (SSSR count). The van der Waals surface area contributed by atoms with E-state index in [0.29, 0.717) is 5.92 Å². The lowest BCUT2D eigenvalue weighted by atomic mass is 10.0. The molecule has 0 aliphatic heterocycles. The van der Waals surface area contributed by atoms with Crippen LogP contribution in [0.3, 0.4) is 0 Å². The van der Waals surface area contributed by atoms with Crippen LogP contribution in [0.25, 0.3) is 0 Å². The molecule has 0 bridgehead atoms. The molecule has 0 aromatic carbocycles. The maximum atomic E-state index is 6.06. The van der Waals surface area contributed by atoms with Gasteiger partial charge in [-0.2, -0.15) is 0 Å². The number of rotatable bonds is 2. The zero-order valence-corrected chi connectivity index (χ0v) is 9.21. The van der Waals surface area contributed by atoms with Crippen LogP contribution in [-0.2, 0) is 0 Å². The molecule has 3 heteroatoms. The van der Waals surface area contributed by atoms with Crippen molar-refractivity contribution in [2.75, 3.05) is 0 Å². The third kappa shape index (κ3) is 1.92. The van der Waals surface area contributed by atoms with E-state index in [-0.39, 0.29) is 6.04 Å². The van der Waals surface area contributed by atoms with E-state index in [2.05, 4.69) is 27.0 Å². The van der Waals surface area contributed by atoms with Crippen LogP contribution in [0.1, 0.15) is 30.0 Å². The third-order valence-electron chi connectivity index (χ3n) is 2.55. The number of halogens is 1. The predicted molar refractivity (Wildman–Crippen MR) is 56.3 cm³/mol. The van der Waals surface area contributed by atoms with Gasteiger partial charge in [-0.3, -0.25) is 0 Å². The van der Waals surface area contributed by atoms with Crippen LogP contribution < -0.4 is 5.73 Å². The zero-order valence-electron chi connectivity index (χ0n) is 7.63. The van der Waals surface area contributed by atoms with E-state index in [1.54, 1.807) is 0 Å². The molecular weight excluding hydrogens is 228 g/mol. The summed E-state index contributed by atoms with van der Waals surface area (Å²) in [5.41, 5.74) is 8.39. The summed E-state index contributed by atoms with van der Waals surface area (Å²) in [6.07, 6.45) is 4.42. The number of aryl methyl sites for hydroxylation is 1. The Bertz CT molecular complexity index is 321. The largest absolute Gasteiger partial charge is 0.324 e. The number of nitrogens with zero attached hydrogens (tertiary/aromatic N) is 1. The van der Waals surface area contributed by atoms with Crippen LogP contribution in [0.4, 0.5) is 0 Å². The first-order valence-corrected chi connectivity index (χ1v) is 5.35. The van der Waals surface area contributed by atoms with Gasteiger partial charge in [0.2, 0.25) is 0 Å². The topological polar surface area (TPSA) is 38.9 Å². The van der Waals surface area contributed by atoms with E-state index < -0.39 is 0 Å². The number of hydrogen-bond donors (Lipinski definition) is 1. The Morgan fingerprint density at radius 3 is 2.85 bits per heavy atom. The van der Waals surface area contributed by atoms with Crippen LogP contribution in [0, 0.1) is 12.8 Å². The molecule has 1 aliphatic carbocycles. The van der Waals surface area contributed by atoms with E-state index in [9.17, 15) is 0 Å². The molecule has 1 fully saturated rings. The van der Waals surface area contributed by atoms with Crippen molar-refractivity contribution in [2.24, 2.45) is 11.7 Å². The fourth-order valence-corrected chi connectivity index (χ4v) is 1.71. The van der Waals surface area contributed by atoms with Crippen molar-refractivity contribution in [3.63, 3.8) is 0 Å². The monoisotopic (exact) mass is 240 g/mol. The molecule has 13 heavy (non-hydrogen) atoms. The van der Waals surface area contributed by atoms with Crippen LogP contribution in [-0.4, -0.2) is 4.98 Å². The Hall–Kier alpha value is -0.410. The van der Waals surface area contributed by atoms with Gasteiger partial charge in [0.25, 0.3) is 0 Å². The van der Waals surface area contributed by atoms with E-state index in [4.69, 9.17) is 5.73 Å². The molecule has 70 valence electrons. The molecule has 0 unspecified atom stereocenters. The fourth-order valence-electron chi connectivity index (χ4n) is 1.49. The van der Waals surface area contributed by atoms with Gasteiger partial charge in [-0.15, -0.1) is 0 Å². The Morgan fingerprint density at radius 1 is 1.62 bits per heavy atom. The molecule has 1 atom stereocenters. The third-order valence-corrected chi connectivity index (χ3v) is 3.38. The van der Waals surface area contributed by atoms with E-state index in [0.717, 1.165) is 10.2 Å². The lowest BCUT2D eigenvalue weighted by Crippen LogP contribution is -2.12. The highest BCUT2D eigenvalue weighted by molar-refractivity contribution is 9.10. The molecule has 1 heterocycles. The van der Waals surface area contributed by atoms with Crippen molar-refractivity contribution in [1.82, 2.24) is 4.98 Å². The minimum atomic E-state index is 0.194. The predicted octanol–water partition coefficient (Wildman–Crippen LogP) is 2.56. The van der Waals surface area contributed by atoms with Gasteiger partial charge in [-0.25, -0.2) is 4.98 Å². The zero-order chi connectivity index (χ0) is 9.42. The van der Waals surface area contributed by atoms with E-state index >= 15 is 0 Å². The summed E-state index contributed by atoms with van der Waals surface area (Å²) < 4.78 is 0.916. The minimum absolute atomic E-state index is 0.194. The summed E-state index contributed by atoms with van der Waals surface area (Å²) in [6.45, 7) is 2.04. The molecule has 1 aliphatic rings. The van der Waals surface area contributed by atoms with E-state index in [1.165, 1.54) is 18.4 Å². The summed E-state index contributed by atoms with van der Waals surface area (Å²) in [5.74, 6) is 0.697. The van der Waals surface area contributed by atoms with Gasteiger partial charge in [0.05, 0.1) is 0 Å². The molecule has 2 nitrogen and oxygen atoms in total. The summed E-state index contributed by atoms with van der Waals surface area (Å²) in [4.78, 5) is 4.25. The van der Waals surface area contributed by atoms with Gasteiger partial charge >= 0.3 is 0 Å². The van der Waals surface area contributed by atoms with Crippen molar-refractivity contribution in [2.45, 2.75) is 25.8 Å². The Balaban J connectivity index is 2.24. The fraction of sp³-hybridized carbons (Fsp3) is 0.500. The first-order chi connectivity index (χ1) is 6.18. The van der Waals surface area contributed by atoms with Crippen LogP contribution in [0.15, 0.2) is 16.9 Å². The Kier molecular flexibility index (Phi) is 2.39. The van der Waals surface area contributed by atoms with Gasteiger partial charge in [0.1, 0.15) is 4.60 Å².